The van der Waals surface area contributed by atoms with Gasteiger partial charge in [0.05, 0.1) is 25.0 Å². The normalized spacial score (nSPS) is 27.3. The molecule has 4 aliphatic carbocycles. The molecule has 0 spiro atoms. The maximum absolute atomic E-state index is 14.6. The Morgan fingerprint density at radius 2 is 0.967 bits per heavy atom. The number of ether oxygens (including phenoxy) is 2. The predicted octanol–water partition coefficient (Wildman–Crippen LogP) is 7.48. The summed E-state index contributed by atoms with van der Waals surface area (Å²) in [6.07, 6.45) is 29.1. The highest BCUT2D eigenvalue weighted by Crippen LogP contribution is 2.79. The fourth-order valence-electron chi connectivity index (χ4n) is 13.4. The Kier molecular flexibility index (Phi) is 11.1. The summed E-state index contributed by atoms with van der Waals surface area (Å²) in [6.45, 7) is 13.6. The maximum atomic E-state index is 14.6. The first kappa shape index (κ1) is 41.6. The maximum Gasteiger partial charge on any atom is 0.313 e. The number of unbranched alkanes of at least 4 members (excludes halogenated alkanes) is 6. The quantitative estimate of drug-likeness (QED) is 0.0528. The van der Waals surface area contributed by atoms with Crippen LogP contribution in [0.5, 0.6) is 0 Å². The van der Waals surface area contributed by atoms with Crippen LogP contribution in [0.1, 0.15) is 153 Å². The van der Waals surface area contributed by atoms with Crippen LogP contribution in [0.4, 0.5) is 0 Å². The van der Waals surface area contributed by atoms with E-state index >= 15 is 0 Å². The minimum atomic E-state index is -1.01. The molecule has 2 fully saturated rings. The number of aromatic amines is 4. The average Bonchev–Trinajstić information content (AvgIpc) is 4.10. The molecule has 1 aliphatic heterocycles. The van der Waals surface area contributed by atoms with Gasteiger partial charge in [-0.3, -0.25) is 9.59 Å². The number of carbonyl (C=O) groups excluding carboxylic acids is 2. The van der Waals surface area contributed by atoms with E-state index < -0.39 is 10.8 Å². The van der Waals surface area contributed by atoms with Crippen molar-refractivity contribution in [2.75, 3.05) is 14.2 Å². The number of rotatable bonds is 14. The summed E-state index contributed by atoms with van der Waals surface area (Å²) in [6, 6.07) is 0. The molecule has 4 aromatic heterocycles. The lowest BCUT2D eigenvalue weighted by molar-refractivity contribution is -0.243. The van der Waals surface area contributed by atoms with Crippen LogP contribution >= 0.6 is 0 Å². The average molecular weight is 825 g/mol. The Morgan fingerprint density at radius 1 is 0.557 bits per heavy atom. The Morgan fingerprint density at radius 3 is 1.36 bits per heavy atom. The summed E-state index contributed by atoms with van der Waals surface area (Å²) in [5.74, 6) is 0.0217. The lowest BCUT2D eigenvalue weighted by Crippen LogP contribution is -2.76. The first-order valence-electron chi connectivity index (χ1n) is 23.7. The molecule has 6 atom stereocenters. The van der Waals surface area contributed by atoms with E-state index in [4.69, 9.17) is 9.47 Å². The van der Waals surface area contributed by atoms with Crippen molar-refractivity contribution in [1.29, 1.82) is 0 Å². The van der Waals surface area contributed by atoms with Crippen molar-refractivity contribution >= 4 is 36.2 Å². The number of aromatic nitrogens is 4. The molecule has 0 amide bonds. The summed E-state index contributed by atoms with van der Waals surface area (Å²) in [7, 11) is 2.99. The van der Waals surface area contributed by atoms with E-state index in [1.54, 1.807) is 0 Å². The second-order valence-electron chi connectivity index (χ2n) is 19.1. The molecule has 2 saturated carbocycles. The fraction of sp³-hybridized carbons (Fsp3) is 0.547. The molecule has 4 N–H and O–H groups in total. The number of carbonyl (C=O) groups is 2. The number of allylic oxidation sites excluding steroid dienone is 2. The minimum absolute atomic E-state index is 0.0344. The number of H-pyrrole nitrogens is 4. The van der Waals surface area contributed by atoms with Crippen molar-refractivity contribution in [2.24, 2.45) is 34.5 Å². The number of hydrogen-bond acceptors (Lipinski definition) is 4. The number of nitrogens with one attached hydrogen (secondary N) is 4. The van der Waals surface area contributed by atoms with Gasteiger partial charge in [-0.05, 0) is 164 Å². The third-order valence-electron chi connectivity index (χ3n) is 16.3. The zero-order valence-corrected chi connectivity index (χ0v) is 38.0. The van der Waals surface area contributed by atoms with E-state index in [1.165, 1.54) is 97.5 Å². The van der Waals surface area contributed by atoms with E-state index in [9.17, 15) is 9.59 Å². The Labute approximate surface area is 361 Å². The lowest BCUT2D eigenvalue weighted by atomic mass is 9.32. The summed E-state index contributed by atoms with van der Waals surface area (Å²) in [5.41, 5.74) is 12.5. The number of fused-ring (bicyclic) bond motifs is 19. The molecule has 0 saturated heterocycles. The summed E-state index contributed by atoms with van der Waals surface area (Å²) in [4.78, 5) is 45.0. The van der Waals surface area contributed by atoms with Gasteiger partial charge in [0.25, 0.3) is 0 Å². The van der Waals surface area contributed by atoms with Gasteiger partial charge in [-0.15, -0.1) is 0 Å². The largest absolute Gasteiger partial charge is 0.469 e. The van der Waals surface area contributed by atoms with E-state index in [0.29, 0.717) is 12.8 Å². The summed E-state index contributed by atoms with van der Waals surface area (Å²) < 4.78 is 11.6. The van der Waals surface area contributed by atoms with Crippen LogP contribution in [0, 0.1) is 48.3 Å². The van der Waals surface area contributed by atoms with Crippen LogP contribution < -0.4 is 21.4 Å². The van der Waals surface area contributed by atoms with Gasteiger partial charge in [0.1, 0.15) is 0 Å². The van der Waals surface area contributed by atoms with Gasteiger partial charge in [-0.1, -0.05) is 78.4 Å². The molecule has 2 unspecified atom stereocenters. The molecule has 5 heterocycles. The number of hydrogen-bond donors (Lipinski definition) is 4. The van der Waals surface area contributed by atoms with E-state index in [-0.39, 0.29) is 35.6 Å². The van der Waals surface area contributed by atoms with Crippen molar-refractivity contribution in [1.82, 2.24) is 19.9 Å². The van der Waals surface area contributed by atoms with Crippen LogP contribution in [0.15, 0.2) is 12.2 Å². The highest BCUT2D eigenvalue weighted by molar-refractivity contribution is 5.94. The molecule has 0 radical (unpaired) electrons. The van der Waals surface area contributed by atoms with E-state index in [0.717, 1.165) is 88.9 Å². The third kappa shape index (κ3) is 6.19. The molecule has 9 rings (SSSR count). The van der Waals surface area contributed by atoms with Crippen molar-refractivity contribution in [3.8, 4) is 0 Å². The topological polar surface area (TPSA) is 116 Å². The van der Waals surface area contributed by atoms with Crippen LogP contribution in [0.3, 0.4) is 0 Å². The Balaban J connectivity index is 1.35. The zero-order chi connectivity index (χ0) is 42.8. The summed E-state index contributed by atoms with van der Waals surface area (Å²) in [5, 5.41) is 4.47. The summed E-state index contributed by atoms with van der Waals surface area (Å²) >= 11 is 0. The molecular formula is C53H68N4O4. The number of methoxy groups -OCH3 is 2. The first-order chi connectivity index (χ1) is 29.6. The molecule has 61 heavy (non-hydrogen) atoms. The highest BCUT2D eigenvalue weighted by atomic mass is 16.5. The van der Waals surface area contributed by atoms with Crippen molar-refractivity contribution in [3.63, 3.8) is 0 Å². The molecule has 8 nitrogen and oxygen atoms in total. The van der Waals surface area contributed by atoms with Crippen LogP contribution in [0.25, 0.3) is 24.3 Å². The molecule has 8 heteroatoms. The van der Waals surface area contributed by atoms with Crippen molar-refractivity contribution < 1.29 is 19.1 Å². The van der Waals surface area contributed by atoms with Gasteiger partial charge in [-0.25, -0.2) is 0 Å². The Hall–Kier alpha value is -4.72. The van der Waals surface area contributed by atoms with Crippen molar-refractivity contribution in [2.45, 2.75) is 138 Å². The van der Waals surface area contributed by atoms with Gasteiger partial charge in [0, 0.05) is 44.2 Å². The van der Waals surface area contributed by atoms with Gasteiger partial charge < -0.3 is 29.4 Å². The van der Waals surface area contributed by atoms with Crippen LogP contribution in [0.2, 0.25) is 0 Å². The molecule has 4 aromatic rings. The van der Waals surface area contributed by atoms with Gasteiger partial charge in [0.15, 0.2) is 0 Å². The van der Waals surface area contributed by atoms with E-state index in [2.05, 4.69) is 97.9 Å². The van der Waals surface area contributed by atoms with Gasteiger partial charge in [-0.2, -0.15) is 0 Å². The first-order valence-corrected chi connectivity index (χ1v) is 23.7. The molecule has 324 valence electrons. The van der Waals surface area contributed by atoms with Crippen LogP contribution in [-0.4, -0.2) is 46.1 Å². The lowest BCUT2D eigenvalue weighted by Gasteiger charge is -2.68. The minimum Gasteiger partial charge on any atom is -0.469 e. The molecular weight excluding hydrogens is 757 g/mol. The van der Waals surface area contributed by atoms with Crippen molar-refractivity contribution in [3.05, 3.63) is 101 Å². The zero-order valence-electron chi connectivity index (χ0n) is 38.0. The Bertz CT molecular complexity index is 2490. The number of esters is 2. The smallest absolute Gasteiger partial charge is 0.313 e. The van der Waals surface area contributed by atoms with Crippen LogP contribution in [-0.2, 0) is 57.6 Å². The molecule has 0 aromatic carbocycles. The molecule has 10 bridgehead atoms. The van der Waals surface area contributed by atoms with Gasteiger partial charge in [0.2, 0.25) is 0 Å². The second kappa shape index (κ2) is 16.2. The molecule has 5 aliphatic rings. The third-order valence-corrected chi connectivity index (χ3v) is 16.3. The van der Waals surface area contributed by atoms with E-state index in [1.807, 2.05) is 0 Å². The SMILES string of the molecule is CCCCCCc1c(C)/c2[nH]/c1=C\c1[nH]c(c3c1CC1(C(=O)OC)[C@@H]4[C@@H]([C@H]5C=C[C@@H]4C5)C1(C(=O)OC)C3)/C=c1\[nH]/c(c(C)c1CCCCCC)=C\c1[nH]c(c(CC)c1CC)\C=2. The standard InChI is InChI=1S/C53H68N4O4/c1-9-13-15-17-19-36-30(5)40-24-42-34(11-3)35(12-4)43(56-42)25-41-31(6)37(20-18-16-14-10-2)45(55-41)27-47-39-29-53(51(59)61-8)49-33-22-21-32(23-33)48(49)52(53,50(58)60-7)28-38(39)46(57-47)26-44(36)54-40/h21-22,24-27,32-33,48-49,54-57H,9-20,23,28-29H2,1-8H3/b40-24-,41-25-,42-24?,43-25?,44-26-,45-27-,46-26?,47-27?/t32-,33+,48+,49-,52?,53?. The monoisotopic (exact) mass is 825 g/mol. The fourth-order valence-corrected chi connectivity index (χ4v) is 13.4. The highest BCUT2D eigenvalue weighted by Gasteiger charge is 2.84. The second-order valence-corrected chi connectivity index (χ2v) is 19.1. The predicted molar refractivity (Wildman–Crippen MR) is 244 cm³/mol. The van der Waals surface area contributed by atoms with Gasteiger partial charge >= 0.3 is 11.9 Å².